The van der Waals surface area contributed by atoms with E-state index in [1.54, 1.807) is 12.1 Å². The number of carbonyl (C=O) groups excluding carboxylic acids is 1. The van der Waals surface area contributed by atoms with Gasteiger partial charge in [-0.1, -0.05) is 24.9 Å². The molecule has 2 rings (SSSR count). The van der Waals surface area contributed by atoms with Crippen LogP contribution in [0.1, 0.15) is 32.6 Å². The van der Waals surface area contributed by atoms with Crippen molar-refractivity contribution in [3.8, 4) is 0 Å². The highest BCUT2D eigenvalue weighted by atomic mass is 79.9. The number of nitrogens with one attached hydrogen (secondary N) is 2. The number of halogens is 2. The minimum Gasteiger partial charge on any atom is -0.375 e. The molecule has 0 spiro atoms. The van der Waals surface area contributed by atoms with Crippen LogP contribution >= 0.6 is 27.5 Å². The Bertz CT molecular complexity index is 548. The Morgan fingerprint density at radius 3 is 3.00 bits per heavy atom. The number of anilines is 1. The predicted molar refractivity (Wildman–Crippen MR) is 90.9 cm³/mol. The Morgan fingerprint density at radius 1 is 1.48 bits per heavy atom. The molecule has 1 aromatic carbocycles. The highest BCUT2D eigenvalue weighted by Gasteiger charge is 2.16. The van der Waals surface area contributed by atoms with E-state index in [0.717, 1.165) is 35.1 Å². The second kappa shape index (κ2) is 7.80. The zero-order chi connectivity index (χ0) is 15.2. The topological polar surface area (TPSA) is 53.5 Å². The number of amides is 1. The van der Waals surface area contributed by atoms with E-state index in [4.69, 9.17) is 11.6 Å². The minimum atomic E-state index is -0.151. The van der Waals surface area contributed by atoms with E-state index < -0.39 is 0 Å². The average Bonchev–Trinajstić information content (AvgIpc) is 2.45. The number of nitrogens with zero attached hydrogens (tertiary/aromatic N) is 1. The van der Waals surface area contributed by atoms with Gasteiger partial charge in [0.2, 0.25) is 0 Å². The van der Waals surface area contributed by atoms with Gasteiger partial charge in [-0.05, 0) is 59.3 Å². The van der Waals surface area contributed by atoms with Gasteiger partial charge in [0.1, 0.15) is 0 Å². The van der Waals surface area contributed by atoms with Gasteiger partial charge in [-0.2, -0.15) is 5.10 Å². The second-order valence-corrected chi connectivity index (χ2v) is 6.55. The minimum absolute atomic E-state index is 0.151. The van der Waals surface area contributed by atoms with E-state index in [2.05, 4.69) is 38.7 Å². The van der Waals surface area contributed by atoms with E-state index in [-0.39, 0.29) is 12.5 Å². The monoisotopic (exact) mass is 371 g/mol. The summed E-state index contributed by atoms with van der Waals surface area (Å²) >= 11 is 9.27. The molecule has 114 valence electrons. The van der Waals surface area contributed by atoms with Gasteiger partial charge in [-0.25, -0.2) is 5.43 Å². The first kappa shape index (κ1) is 16.3. The molecule has 1 aliphatic rings. The maximum absolute atomic E-state index is 11.8. The van der Waals surface area contributed by atoms with E-state index in [1.165, 1.54) is 6.42 Å². The summed E-state index contributed by atoms with van der Waals surface area (Å²) in [6.45, 7) is 2.33. The number of rotatable bonds is 4. The molecule has 1 saturated carbocycles. The Kier molecular flexibility index (Phi) is 6.06. The highest BCUT2D eigenvalue weighted by Crippen LogP contribution is 2.25. The maximum Gasteiger partial charge on any atom is 0.259 e. The van der Waals surface area contributed by atoms with Gasteiger partial charge in [0, 0.05) is 20.9 Å². The lowest BCUT2D eigenvalue weighted by molar-refractivity contribution is -0.119. The van der Waals surface area contributed by atoms with Crippen molar-refractivity contribution in [1.82, 2.24) is 5.43 Å². The van der Waals surface area contributed by atoms with Gasteiger partial charge in [-0.3, -0.25) is 4.79 Å². The van der Waals surface area contributed by atoms with E-state index in [0.29, 0.717) is 10.9 Å². The van der Waals surface area contributed by atoms with Crippen molar-refractivity contribution in [2.24, 2.45) is 11.0 Å². The second-order valence-electron chi connectivity index (χ2n) is 5.26. The van der Waals surface area contributed by atoms with Gasteiger partial charge in [0.05, 0.1) is 6.54 Å². The largest absolute Gasteiger partial charge is 0.375 e. The standard InChI is InChI=1S/C15H19BrClN3O/c1-10-4-2-3-5-13(10)19-20-15(21)9-18-14-7-6-11(17)8-12(14)16/h6-8,10,18H,2-5,9H2,1H3,(H,20,21)/b19-13+/t10-/m0/s1. The van der Waals surface area contributed by atoms with E-state index >= 15 is 0 Å². The van der Waals surface area contributed by atoms with Crippen LogP contribution in [-0.4, -0.2) is 18.2 Å². The van der Waals surface area contributed by atoms with Crippen molar-refractivity contribution in [2.75, 3.05) is 11.9 Å². The van der Waals surface area contributed by atoms with Gasteiger partial charge in [-0.15, -0.1) is 0 Å². The first-order chi connectivity index (χ1) is 10.1. The van der Waals surface area contributed by atoms with Gasteiger partial charge in [0.25, 0.3) is 5.91 Å². The molecular formula is C15H19BrClN3O. The van der Waals surface area contributed by atoms with Gasteiger partial charge >= 0.3 is 0 Å². The number of benzene rings is 1. The Hall–Kier alpha value is -1.07. The molecule has 21 heavy (non-hydrogen) atoms. The van der Waals surface area contributed by atoms with Crippen LogP contribution in [0.3, 0.4) is 0 Å². The Balaban J connectivity index is 1.83. The smallest absolute Gasteiger partial charge is 0.259 e. The fourth-order valence-electron chi connectivity index (χ4n) is 2.32. The third-order valence-corrected chi connectivity index (χ3v) is 4.47. The first-order valence-corrected chi connectivity index (χ1v) is 8.27. The van der Waals surface area contributed by atoms with Crippen LogP contribution in [-0.2, 0) is 4.79 Å². The normalized spacial score (nSPS) is 20.3. The third kappa shape index (κ3) is 5.00. The molecule has 0 bridgehead atoms. The van der Waals surface area contributed by atoms with Crippen molar-refractivity contribution in [3.05, 3.63) is 27.7 Å². The molecular weight excluding hydrogens is 354 g/mol. The average molecular weight is 373 g/mol. The van der Waals surface area contributed by atoms with Crippen molar-refractivity contribution in [2.45, 2.75) is 32.6 Å². The lowest BCUT2D eigenvalue weighted by Crippen LogP contribution is -2.29. The molecule has 6 heteroatoms. The molecule has 0 aromatic heterocycles. The fraction of sp³-hybridized carbons (Fsp3) is 0.467. The van der Waals surface area contributed by atoms with E-state index in [9.17, 15) is 4.79 Å². The molecule has 0 unspecified atom stereocenters. The zero-order valence-corrected chi connectivity index (χ0v) is 14.3. The van der Waals surface area contributed by atoms with Gasteiger partial charge < -0.3 is 5.32 Å². The van der Waals surface area contributed by atoms with Crippen LogP contribution in [0.5, 0.6) is 0 Å². The third-order valence-electron chi connectivity index (χ3n) is 3.58. The fourth-order valence-corrected chi connectivity index (χ4v) is 3.14. The molecule has 2 N–H and O–H groups in total. The zero-order valence-electron chi connectivity index (χ0n) is 12.0. The van der Waals surface area contributed by atoms with Crippen molar-refractivity contribution < 1.29 is 4.79 Å². The molecule has 1 fully saturated rings. The molecule has 0 radical (unpaired) electrons. The lowest BCUT2D eigenvalue weighted by atomic mass is 9.89. The van der Waals surface area contributed by atoms with Crippen molar-refractivity contribution >= 4 is 44.8 Å². The molecule has 0 heterocycles. The molecule has 0 aliphatic heterocycles. The summed E-state index contributed by atoms with van der Waals surface area (Å²) in [5.41, 5.74) is 4.56. The molecule has 4 nitrogen and oxygen atoms in total. The summed E-state index contributed by atoms with van der Waals surface area (Å²) in [5.74, 6) is 0.319. The van der Waals surface area contributed by atoms with Crippen molar-refractivity contribution in [3.63, 3.8) is 0 Å². The molecule has 1 aliphatic carbocycles. The lowest BCUT2D eigenvalue weighted by Gasteiger charge is -2.19. The van der Waals surface area contributed by atoms with Crippen LogP contribution in [0.25, 0.3) is 0 Å². The highest BCUT2D eigenvalue weighted by molar-refractivity contribution is 9.10. The molecule has 1 atom stereocenters. The first-order valence-electron chi connectivity index (χ1n) is 7.10. The van der Waals surface area contributed by atoms with Crippen LogP contribution in [0.4, 0.5) is 5.69 Å². The van der Waals surface area contributed by atoms with Crippen LogP contribution in [0.15, 0.2) is 27.8 Å². The van der Waals surface area contributed by atoms with Crippen LogP contribution in [0.2, 0.25) is 5.02 Å². The summed E-state index contributed by atoms with van der Waals surface area (Å²) in [5, 5.41) is 7.96. The quantitative estimate of drug-likeness (QED) is 0.778. The van der Waals surface area contributed by atoms with Crippen molar-refractivity contribution in [1.29, 1.82) is 0 Å². The SMILES string of the molecule is C[C@H]1CCCC/C1=N\NC(=O)CNc1ccc(Cl)cc1Br. The maximum atomic E-state index is 11.8. The summed E-state index contributed by atoms with van der Waals surface area (Å²) in [6, 6.07) is 5.39. The summed E-state index contributed by atoms with van der Waals surface area (Å²) in [7, 11) is 0. The number of carbonyl (C=O) groups is 1. The van der Waals surface area contributed by atoms with Crippen LogP contribution in [0, 0.1) is 5.92 Å². The number of hydrazone groups is 1. The van der Waals surface area contributed by atoms with Gasteiger partial charge in [0.15, 0.2) is 0 Å². The van der Waals surface area contributed by atoms with Crippen LogP contribution < -0.4 is 10.7 Å². The van der Waals surface area contributed by atoms with E-state index in [1.807, 2.05) is 6.07 Å². The number of hydrogen-bond acceptors (Lipinski definition) is 3. The molecule has 0 saturated heterocycles. The Morgan fingerprint density at radius 2 is 2.29 bits per heavy atom. The predicted octanol–water partition coefficient (Wildman–Crippen LogP) is 4.20. The summed E-state index contributed by atoms with van der Waals surface area (Å²) in [6.07, 6.45) is 4.55. The molecule has 1 amide bonds. The Labute approximate surface area is 138 Å². The summed E-state index contributed by atoms with van der Waals surface area (Å²) in [4.78, 5) is 11.8. The molecule has 1 aromatic rings. The number of hydrogen-bond donors (Lipinski definition) is 2. The summed E-state index contributed by atoms with van der Waals surface area (Å²) < 4.78 is 0.829.